The fourth-order valence-corrected chi connectivity index (χ4v) is 0.990. The minimum absolute atomic E-state index is 0.0491. The van der Waals surface area contributed by atoms with E-state index >= 15 is 0 Å². The smallest absolute Gasteiger partial charge is 0.193 e. The first-order valence-electron chi connectivity index (χ1n) is 3.05. The van der Waals surface area contributed by atoms with Gasteiger partial charge in [0, 0.05) is 5.88 Å². The Hall–Kier alpha value is -0.635. The van der Waals surface area contributed by atoms with Crippen LogP contribution in [0.1, 0.15) is 5.56 Å². The number of hydrogen-bond donors (Lipinski definition) is 0. The number of alkyl halides is 1. The van der Waals surface area contributed by atoms with Crippen molar-refractivity contribution in [1.29, 1.82) is 0 Å². The molecule has 0 N–H and O–H groups in total. The molecule has 0 nitrogen and oxygen atoms in total. The fraction of sp³-hybridized carbons (Fsp3) is 0.143. The largest absolute Gasteiger partial charge is 0.204 e. The normalized spacial score (nSPS) is 10.3. The van der Waals surface area contributed by atoms with Gasteiger partial charge in [-0.3, -0.25) is 0 Å². The molecule has 0 saturated heterocycles. The maximum absolute atomic E-state index is 12.6. The molecule has 1 aromatic carbocycles. The van der Waals surface area contributed by atoms with Gasteiger partial charge in [0.15, 0.2) is 17.5 Å². The first-order valence-corrected chi connectivity index (χ1v) is 3.59. The molecule has 1 aromatic rings. The zero-order valence-corrected chi connectivity index (χ0v) is 6.63. The van der Waals surface area contributed by atoms with Gasteiger partial charge in [-0.25, -0.2) is 13.2 Å². The van der Waals surface area contributed by atoms with E-state index in [0.717, 1.165) is 6.07 Å². The van der Waals surface area contributed by atoms with E-state index in [1.54, 1.807) is 0 Å². The molecule has 0 unspecified atom stereocenters. The summed E-state index contributed by atoms with van der Waals surface area (Å²) < 4.78 is 37.6. The molecular formula is C7H3BClF3. The van der Waals surface area contributed by atoms with Gasteiger partial charge in [-0.05, 0) is 11.6 Å². The SMILES string of the molecule is [B]c1c(CCl)cc(F)c(F)c1F. The van der Waals surface area contributed by atoms with E-state index in [9.17, 15) is 13.2 Å². The van der Waals surface area contributed by atoms with Crippen LogP contribution in [0.4, 0.5) is 13.2 Å². The zero-order chi connectivity index (χ0) is 9.30. The number of rotatable bonds is 1. The summed E-state index contributed by atoms with van der Waals surface area (Å²) in [5, 5.41) is 0. The van der Waals surface area contributed by atoms with Crippen LogP contribution in [0.25, 0.3) is 0 Å². The van der Waals surface area contributed by atoms with Gasteiger partial charge in [0.1, 0.15) is 7.85 Å². The molecular weight excluding hydrogens is 187 g/mol. The second-order valence-corrected chi connectivity index (χ2v) is 2.46. The van der Waals surface area contributed by atoms with Crippen LogP contribution >= 0.6 is 11.6 Å². The summed E-state index contributed by atoms with van der Waals surface area (Å²) in [5.74, 6) is -4.38. The number of halogens is 4. The average molecular weight is 190 g/mol. The molecule has 62 valence electrons. The summed E-state index contributed by atoms with van der Waals surface area (Å²) in [6.07, 6.45) is 0. The fourth-order valence-electron chi connectivity index (χ4n) is 0.769. The average Bonchev–Trinajstić information content (AvgIpc) is 2.08. The Balaban J connectivity index is 3.39. The molecule has 0 aliphatic rings. The van der Waals surface area contributed by atoms with Gasteiger partial charge in [-0.15, -0.1) is 11.6 Å². The highest BCUT2D eigenvalue weighted by Crippen LogP contribution is 2.12. The highest BCUT2D eigenvalue weighted by molar-refractivity contribution is 6.34. The van der Waals surface area contributed by atoms with Gasteiger partial charge in [-0.2, -0.15) is 0 Å². The van der Waals surface area contributed by atoms with Crippen molar-refractivity contribution >= 4 is 24.9 Å². The zero-order valence-electron chi connectivity index (χ0n) is 5.87. The van der Waals surface area contributed by atoms with Crippen LogP contribution in [0.5, 0.6) is 0 Å². The van der Waals surface area contributed by atoms with E-state index in [1.165, 1.54) is 0 Å². The summed E-state index contributed by atoms with van der Waals surface area (Å²) >= 11 is 5.29. The molecule has 0 spiro atoms. The Morgan fingerprint density at radius 1 is 1.25 bits per heavy atom. The van der Waals surface area contributed by atoms with Crippen molar-refractivity contribution in [2.24, 2.45) is 0 Å². The van der Waals surface area contributed by atoms with E-state index in [1.807, 2.05) is 0 Å². The molecule has 5 heteroatoms. The number of hydrogen-bond acceptors (Lipinski definition) is 0. The van der Waals surface area contributed by atoms with Crippen LogP contribution in [0.2, 0.25) is 0 Å². The monoisotopic (exact) mass is 190 g/mol. The highest BCUT2D eigenvalue weighted by Gasteiger charge is 2.13. The first kappa shape index (κ1) is 9.45. The van der Waals surface area contributed by atoms with Crippen molar-refractivity contribution in [3.63, 3.8) is 0 Å². The Morgan fingerprint density at radius 3 is 2.33 bits per heavy atom. The van der Waals surface area contributed by atoms with Crippen molar-refractivity contribution < 1.29 is 13.2 Å². The Labute approximate surface area is 73.7 Å². The molecule has 0 atom stereocenters. The summed E-state index contributed by atoms with van der Waals surface area (Å²) in [5.41, 5.74) is -0.392. The molecule has 0 aliphatic carbocycles. The molecule has 12 heavy (non-hydrogen) atoms. The maximum atomic E-state index is 12.6. The minimum atomic E-state index is -1.57. The van der Waals surface area contributed by atoms with Crippen LogP contribution in [0.15, 0.2) is 6.07 Å². The third-order valence-electron chi connectivity index (χ3n) is 1.43. The second-order valence-electron chi connectivity index (χ2n) is 2.19. The van der Waals surface area contributed by atoms with Crippen molar-refractivity contribution in [2.75, 3.05) is 0 Å². The summed E-state index contributed by atoms with van der Waals surface area (Å²) in [7, 11) is 5.10. The van der Waals surface area contributed by atoms with Gasteiger partial charge in [-0.1, -0.05) is 5.46 Å². The maximum Gasteiger partial charge on any atom is 0.193 e. The van der Waals surface area contributed by atoms with Crippen LogP contribution in [0, 0.1) is 17.5 Å². The first-order chi connectivity index (χ1) is 5.57. The predicted molar refractivity (Wildman–Crippen MR) is 41.3 cm³/mol. The van der Waals surface area contributed by atoms with Crippen molar-refractivity contribution in [3.05, 3.63) is 29.1 Å². The minimum Gasteiger partial charge on any atom is -0.204 e. The second kappa shape index (κ2) is 3.39. The lowest BCUT2D eigenvalue weighted by atomic mass is 9.90. The van der Waals surface area contributed by atoms with Gasteiger partial charge < -0.3 is 0 Å². The molecule has 0 saturated carbocycles. The van der Waals surface area contributed by atoms with Crippen LogP contribution in [0.3, 0.4) is 0 Å². The van der Waals surface area contributed by atoms with E-state index in [-0.39, 0.29) is 11.4 Å². The van der Waals surface area contributed by atoms with Crippen molar-refractivity contribution in [3.8, 4) is 0 Å². The quantitative estimate of drug-likeness (QED) is 0.359. The van der Waals surface area contributed by atoms with Crippen molar-refractivity contribution in [2.45, 2.75) is 5.88 Å². The molecule has 0 fully saturated rings. The third kappa shape index (κ3) is 1.44. The van der Waals surface area contributed by atoms with Crippen molar-refractivity contribution in [1.82, 2.24) is 0 Å². The standard InChI is InChI=1S/C7H3BClF3/c8-5-3(2-9)1-4(10)6(11)7(5)12/h1H,2H2. The highest BCUT2D eigenvalue weighted by atomic mass is 35.5. The Kier molecular flexibility index (Phi) is 2.67. The lowest BCUT2D eigenvalue weighted by Gasteiger charge is -2.04. The van der Waals surface area contributed by atoms with Gasteiger partial charge in [0.05, 0.1) is 0 Å². The molecule has 0 amide bonds. The molecule has 0 aliphatic heterocycles. The molecule has 0 aromatic heterocycles. The van der Waals surface area contributed by atoms with E-state index in [0.29, 0.717) is 0 Å². The predicted octanol–water partition coefficient (Wildman–Crippen LogP) is 1.64. The van der Waals surface area contributed by atoms with E-state index < -0.39 is 22.9 Å². The molecule has 0 bridgehead atoms. The third-order valence-corrected chi connectivity index (χ3v) is 1.72. The molecule has 2 radical (unpaired) electrons. The van der Waals surface area contributed by atoms with Gasteiger partial charge in [0.2, 0.25) is 0 Å². The Bertz CT molecular complexity index is 314. The van der Waals surface area contributed by atoms with E-state index in [2.05, 4.69) is 0 Å². The summed E-state index contributed by atoms with van der Waals surface area (Å²) in [4.78, 5) is 0. The lowest BCUT2D eigenvalue weighted by Crippen LogP contribution is -2.17. The van der Waals surface area contributed by atoms with E-state index in [4.69, 9.17) is 19.4 Å². The molecule has 0 heterocycles. The summed E-state index contributed by atoms with van der Waals surface area (Å²) in [6, 6.07) is 0.779. The van der Waals surface area contributed by atoms with Crippen LogP contribution < -0.4 is 5.46 Å². The molecule has 1 rings (SSSR count). The van der Waals surface area contributed by atoms with Gasteiger partial charge >= 0.3 is 0 Å². The Morgan fingerprint density at radius 2 is 1.83 bits per heavy atom. The van der Waals surface area contributed by atoms with Crippen LogP contribution in [-0.4, -0.2) is 7.85 Å². The number of benzene rings is 1. The summed E-state index contributed by atoms with van der Waals surface area (Å²) in [6.45, 7) is 0. The van der Waals surface area contributed by atoms with Gasteiger partial charge in [0.25, 0.3) is 0 Å². The van der Waals surface area contributed by atoms with Crippen LogP contribution in [-0.2, 0) is 5.88 Å². The topological polar surface area (TPSA) is 0 Å². The lowest BCUT2D eigenvalue weighted by molar-refractivity contribution is 0.450.